The normalized spacial score (nSPS) is 14.1. The van der Waals surface area contributed by atoms with Crippen LogP contribution in [0, 0.1) is 6.92 Å². The molecule has 9 nitrogen and oxygen atoms in total. The highest BCUT2D eigenvalue weighted by atomic mass is 32.1. The molecule has 1 aliphatic rings. The fourth-order valence-electron chi connectivity index (χ4n) is 2.81. The monoisotopic (exact) mass is 417 g/mol. The van der Waals surface area contributed by atoms with Crippen LogP contribution in [0.4, 0.5) is 10.5 Å². The number of thiazole rings is 1. The number of aromatic nitrogens is 1. The van der Waals surface area contributed by atoms with Gasteiger partial charge in [0.15, 0.2) is 0 Å². The molecule has 1 aliphatic heterocycles. The Bertz CT molecular complexity index is 927. The number of carbonyl (C=O) groups is 2. The zero-order chi connectivity index (χ0) is 20.8. The molecule has 3 rings (SSSR count). The maximum atomic E-state index is 12.6. The van der Waals surface area contributed by atoms with Crippen LogP contribution in [0.15, 0.2) is 28.7 Å². The second kappa shape index (κ2) is 9.37. The fraction of sp³-hybridized carbons (Fsp3) is 0.368. The largest absolute Gasteiger partial charge is 0.488 e. The molecular formula is C19H23N5O4S. The molecule has 2 heterocycles. The van der Waals surface area contributed by atoms with E-state index in [1.54, 1.807) is 23.7 Å². The van der Waals surface area contributed by atoms with Crippen LogP contribution in [0.3, 0.4) is 0 Å². The van der Waals surface area contributed by atoms with Crippen molar-refractivity contribution in [3.63, 3.8) is 0 Å². The van der Waals surface area contributed by atoms with Crippen molar-refractivity contribution < 1.29 is 19.1 Å². The first-order valence-corrected chi connectivity index (χ1v) is 9.96. The van der Waals surface area contributed by atoms with Gasteiger partial charge in [0.2, 0.25) is 0 Å². The summed E-state index contributed by atoms with van der Waals surface area (Å²) >= 11 is 1.53. The van der Waals surface area contributed by atoms with Crippen LogP contribution in [-0.2, 0) is 16.1 Å². The Labute approximate surface area is 172 Å². The lowest BCUT2D eigenvalue weighted by Crippen LogP contribution is -2.38. The second-order valence-corrected chi connectivity index (χ2v) is 7.27. The van der Waals surface area contributed by atoms with Crippen LogP contribution in [0.5, 0.6) is 5.75 Å². The Morgan fingerprint density at radius 3 is 2.97 bits per heavy atom. The number of benzene rings is 1. The lowest BCUT2D eigenvalue weighted by Gasteiger charge is -2.15. The number of ether oxygens (including phenoxy) is 2. The van der Waals surface area contributed by atoms with E-state index < -0.39 is 0 Å². The third-order valence-corrected chi connectivity index (χ3v) is 5.35. The number of carbonyl (C=O) groups excluding carboxylic acids is 2. The summed E-state index contributed by atoms with van der Waals surface area (Å²) in [4.78, 5) is 34.9. The lowest BCUT2D eigenvalue weighted by molar-refractivity contribution is -0.114. The van der Waals surface area contributed by atoms with E-state index in [2.05, 4.69) is 15.3 Å². The first-order chi connectivity index (χ1) is 14.0. The van der Waals surface area contributed by atoms with E-state index in [9.17, 15) is 9.59 Å². The van der Waals surface area contributed by atoms with Gasteiger partial charge in [-0.3, -0.25) is 9.79 Å². The summed E-state index contributed by atoms with van der Waals surface area (Å²) in [6.45, 7) is 3.87. The van der Waals surface area contributed by atoms with Gasteiger partial charge in [0.1, 0.15) is 24.7 Å². The molecule has 3 N–H and O–H groups in total. The van der Waals surface area contributed by atoms with Gasteiger partial charge in [-0.25, -0.2) is 9.78 Å². The molecule has 1 aromatic carbocycles. The van der Waals surface area contributed by atoms with Gasteiger partial charge in [0, 0.05) is 31.4 Å². The zero-order valence-corrected chi connectivity index (χ0v) is 17.1. The maximum absolute atomic E-state index is 12.6. The number of anilines is 1. The predicted molar refractivity (Wildman–Crippen MR) is 110 cm³/mol. The van der Waals surface area contributed by atoms with Gasteiger partial charge in [-0.15, -0.1) is 11.3 Å². The summed E-state index contributed by atoms with van der Waals surface area (Å²) in [7, 11) is 1.53. The second-order valence-electron chi connectivity index (χ2n) is 6.33. The predicted octanol–water partition coefficient (Wildman–Crippen LogP) is 1.60. The average Bonchev–Trinajstić information content (AvgIpc) is 3.30. The molecule has 29 heavy (non-hydrogen) atoms. The molecule has 0 atom stereocenters. The smallest absolute Gasteiger partial charge is 0.409 e. The van der Waals surface area contributed by atoms with E-state index in [1.807, 2.05) is 6.92 Å². The minimum Gasteiger partial charge on any atom is -0.488 e. The topological polar surface area (TPSA) is 119 Å². The average molecular weight is 417 g/mol. The summed E-state index contributed by atoms with van der Waals surface area (Å²) in [6.07, 6.45) is -0.367. The molecule has 0 aliphatic carbocycles. The molecule has 0 unspecified atom stereocenters. The highest BCUT2D eigenvalue weighted by Crippen LogP contribution is 2.23. The van der Waals surface area contributed by atoms with Gasteiger partial charge >= 0.3 is 6.09 Å². The molecule has 1 saturated heterocycles. The number of amides is 2. The van der Waals surface area contributed by atoms with Gasteiger partial charge in [0.05, 0.1) is 22.6 Å². The minimum absolute atomic E-state index is 0.200. The third-order valence-electron chi connectivity index (χ3n) is 4.45. The number of aryl methyl sites for hydroxylation is 1. The van der Waals surface area contributed by atoms with Crippen LogP contribution >= 0.6 is 11.3 Å². The summed E-state index contributed by atoms with van der Waals surface area (Å²) in [5.74, 6) is 0.206. The highest BCUT2D eigenvalue weighted by molar-refractivity contribution is 7.09. The van der Waals surface area contributed by atoms with E-state index in [1.165, 1.54) is 23.3 Å². The summed E-state index contributed by atoms with van der Waals surface area (Å²) in [5, 5.41) is 2.77. The molecule has 0 radical (unpaired) electrons. The molecule has 0 spiro atoms. The van der Waals surface area contributed by atoms with Gasteiger partial charge in [-0.1, -0.05) is 0 Å². The number of nitrogens with two attached hydrogens (primary N) is 1. The summed E-state index contributed by atoms with van der Waals surface area (Å²) in [5.41, 5.74) is 9.89. The Morgan fingerprint density at radius 2 is 2.31 bits per heavy atom. The van der Waals surface area contributed by atoms with Crippen LogP contribution in [0.1, 0.15) is 16.1 Å². The Hall–Kier alpha value is -3.14. The van der Waals surface area contributed by atoms with Crippen LogP contribution in [0.2, 0.25) is 0 Å². The van der Waals surface area contributed by atoms with Crippen molar-refractivity contribution in [1.82, 2.24) is 15.2 Å². The molecular weight excluding hydrogens is 394 g/mol. The van der Waals surface area contributed by atoms with E-state index in [-0.39, 0.29) is 24.3 Å². The van der Waals surface area contributed by atoms with Crippen LogP contribution in [0.25, 0.3) is 0 Å². The number of nitrogen functional groups attached to an aromatic ring is 1. The van der Waals surface area contributed by atoms with Crippen molar-refractivity contribution in [2.45, 2.75) is 13.5 Å². The van der Waals surface area contributed by atoms with Crippen molar-refractivity contribution in [3.05, 3.63) is 39.8 Å². The van der Waals surface area contributed by atoms with E-state index in [0.29, 0.717) is 43.3 Å². The molecule has 1 aromatic heterocycles. The fourth-order valence-corrected chi connectivity index (χ4v) is 3.49. The van der Waals surface area contributed by atoms with Crippen molar-refractivity contribution in [2.24, 2.45) is 4.99 Å². The first kappa shape index (κ1) is 20.6. The maximum Gasteiger partial charge on any atom is 0.409 e. The van der Waals surface area contributed by atoms with E-state index in [4.69, 9.17) is 15.2 Å². The number of cyclic esters (lactones) is 1. The highest BCUT2D eigenvalue weighted by Gasteiger charge is 2.22. The van der Waals surface area contributed by atoms with Gasteiger partial charge in [0.25, 0.3) is 5.91 Å². The Balaban J connectivity index is 1.63. The molecule has 2 aromatic rings. The summed E-state index contributed by atoms with van der Waals surface area (Å²) in [6, 6.07) is 5.13. The molecule has 1 fully saturated rings. The quantitative estimate of drug-likeness (QED) is 0.497. The number of aliphatic imine (C=N–C) groups is 1. The third kappa shape index (κ3) is 5.02. The van der Waals surface area contributed by atoms with E-state index >= 15 is 0 Å². The first-order valence-electron chi connectivity index (χ1n) is 9.08. The molecule has 0 saturated carbocycles. The Kier molecular flexibility index (Phi) is 6.65. The minimum atomic E-state index is -0.373. The standard InChI is InChI=1S/C19H23N5O4S/c1-12-16(29-11-23-12)10-28-13-3-4-15(20)14(9-13)17(21-2)18(25)22-5-6-24-7-8-27-19(24)26/h3-4,9,11H,5-8,10,20H2,1-2H3,(H,22,25). The van der Waals surface area contributed by atoms with Crippen LogP contribution < -0.4 is 15.8 Å². The Morgan fingerprint density at radius 1 is 1.48 bits per heavy atom. The lowest BCUT2D eigenvalue weighted by atomic mass is 10.1. The molecule has 154 valence electrons. The van der Waals surface area contributed by atoms with Crippen molar-refractivity contribution >= 4 is 34.7 Å². The number of nitrogens with one attached hydrogen (secondary N) is 1. The number of nitrogens with zero attached hydrogens (tertiary/aromatic N) is 3. The number of rotatable bonds is 8. The molecule has 10 heteroatoms. The van der Waals surface area contributed by atoms with Crippen molar-refractivity contribution in [1.29, 1.82) is 0 Å². The van der Waals surface area contributed by atoms with E-state index in [0.717, 1.165) is 10.6 Å². The van der Waals surface area contributed by atoms with Crippen molar-refractivity contribution in [2.75, 3.05) is 39.0 Å². The van der Waals surface area contributed by atoms with Gasteiger partial charge in [-0.05, 0) is 25.1 Å². The van der Waals surface area contributed by atoms with Gasteiger partial charge < -0.3 is 25.4 Å². The molecule has 2 amide bonds. The van der Waals surface area contributed by atoms with Crippen LogP contribution in [-0.4, -0.2) is 60.9 Å². The number of hydrogen-bond acceptors (Lipinski definition) is 8. The zero-order valence-electron chi connectivity index (χ0n) is 16.3. The van der Waals surface area contributed by atoms with Crippen molar-refractivity contribution in [3.8, 4) is 5.75 Å². The summed E-state index contributed by atoms with van der Waals surface area (Å²) < 4.78 is 10.7. The molecule has 0 bridgehead atoms. The number of hydrogen-bond donors (Lipinski definition) is 2. The van der Waals surface area contributed by atoms with Gasteiger partial charge in [-0.2, -0.15) is 0 Å². The SMILES string of the molecule is CN=C(C(=O)NCCN1CCOC1=O)c1cc(OCc2scnc2C)ccc1N.